The molecule has 0 saturated carbocycles. The van der Waals surface area contributed by atoms with Crippen molar-refractivity contribution in [3.63, 3.8) is 0 Å². The number of anilines is 1. The molecule has 3 rings (SSSR count). The van der Waals surface area contributed by atoms with Crippen LogP contribution in [-0.2, 0) is 4.79 Å². The van der Waals surface area contributed by atoms with E-state index in [1.807, 2.05) is 43.3 Å². The van der Waals surface area contributed by atoms with E-state index in [-0.39, 0.29) is 5.91 Å². The Morgan fingerprint density at radius 1 is 1.30 bits per heavy atom. The number of nitrogens with zero attached hydrogens (tertiary/aromatic N) is 3. The molecule has 1 fully saturated rings. The van der Waals surface area contributed by atoms with E-state index in [1.54, 1.807) is 6.07 Å². The second-order valence-electron chi connectivity index (χ2n) is 5.93. The Bertz CT molecular complexity index is 773. The Labute approximate surface area is 134 Å². The molecule has 1 aromatic heterocycles. The number of pyridine rings is 1. The minimum absolute atomic E-state index is 0.292. The van der Waals surface area contributed by atoms with Gasteiger partial charge in [0.05, 0.1) is 5.52 Å². The molecule has 6 nitrogen and oxygen atoms in total. The molecule has 1 atom stereocenters. The van der Waals surface area contributed by atoms with Crippen LogP contribution in [0, 0.1) is 0 Å². The molecule has 2 aromatic rings. The molecule has 0 bridgehead atoms. The molecule has 2 heterocycles. The maximum atomic E-state index is 12.8. The van der Waals surface area contributed by atoms with Gasteiger partial charge in [0, 0.05) is 31.7 Å². The van der Waals surface area contributed by atoms with Crippen molar-refractivity contribution in [3.05, 3.63) is 36.0 Å². The predicted octanol–water partition coefficient (Wildman–Crippen LogP) is 1.99. The van der Waals surface area contributed by atoms with Crippen molar-refractivity contribution in [1.29, 1.82) is 0 Å². The summed E-state index contributed by atoms with van der Waals surface area (Å²) in [6, 6.07) is 8.61. The first kappa shape index (κ1) is 15.3. The first-order chi connectivity index (χ1) is 11.0. The van der Waals surface area contributed by atoms with Crippen LogP contribution in [0.2, 0.25) is 0 Å². The minimum Gasteiger partial charge on any atom is -0.480 e. The molecule has 0 unspecified atom stereocenters. The number of carbonyl (C=O) groups is 2. The van der Waals surface area contributed by atoms with Crippen LogP contribution in [0.4, 0.5) is 5.69 Å². The van der Waals surface area contributed by atoms with E-state index in [0.717, 1.165) is 16.6 Å². The summed E-state index contributed by atoms with van der Waals surface area (Å²) in [5, 5.41) is 10.2. The van der Waals surface area contributed by atoms with Crippen LogP contribution in [0.3, 0.4) is 0 Å². The Balaban J connectivity index is 2.06. The molecule has 1 N–H and O–H groups in total. The summed E-state index contributed by atoms with van der Waals surface area (Å²) in [6.07, 6.45) is 1.20. The van der Waals surface area contributed by atoms with Gasteiger partial charge in [-0.2, -0.15) is 0 Å². The molecule has 6 heteroatoms. The van der Waals surface area contributed by atoms with Crippen LogP contribution in [0.1, 0.15) is 23.3 Å². The highest BCUT2D eigenvalue weighted by atomic mass is 16.4. The molecule has 0 radical (unpaired) electrons. The van der Waals surface area contributed by atoms with Crippen molar-refractivity contribution in [2.45, 2.75) is 18.9 Å². The van der Waals surface area contributed by atoms with Crippen molar-refractivity contribution in [2.75, 3.05) is 25.5 Å². The van der Waals surface area contributed by atoms with Gasteiger partial charge >= 0.3 is 5.97 Å². The van der Waals surface area contributed by atoms with Crippen LogP contribution in [-0.4, -0.2) is 53.5 Å². The first-order valence-electron chi connectivity index (χ1n) is 7.60. The van der Waals surface area contributed by atoms with Crippen LogP contribution >= 0.6 is 0 Å². The van der Waals surface area contributed by atoms with Gasteiger partial charge in [0.2, 0.25) is 0 Å². The molecule has 23 heavy (non-hydrogen) atoms. The third-order valence-electron chi connectivity index (χ3n) is 4.19. The molecular weight excluding hydrogens is 294 g/mol. The first-order valence-corrected chi connectivity index (χ1v) is 7.60. The molecule has 1 aliphatic rings. The molecule has 1 saturated heterocycles. The van der Waals surface area contributed by atoms with E-state index < -0.39 is 12.0 Å². The third-order valence-corrected chi connectivity index (χ3v) is 4.19. The molecule has 0 spiro atoms. The molecule has 1 aromatic carbocycles. The van der Waals surface area contributed by atoms with Crippen molar-refractivity contribution in [2.24, 2.45) is 0 Å². The number of carboxylic acid groups (broad SMARTS) is 1. The van der Waals surface area contributed by atoms with E-state index in [1.165, 1.54) is 4.90 Å². The smallest absolute Gasteiger partial charge is 0.326 e. The quantitative estimate of drug-likeness (QED) is 0.938. The van der Waals surface area contributed by atoms with Crippen molar-refractivity contribution in [3.8, 4) is 0 Å². The Hall–Kier alpha value is -2.63. The van der Waals surface area contributed by atoms with E-state index >= 15 is 0 Å². The van der Waals surface area contributed by atoms with Gasteiger partial charge in [0.25, 0.3) is 5.91 Å². The number of aromatic nitrogens is 1. The largest absolute Gasteiger partial charge is 0.480 e. The van der Waals surface area contributed by atoms with E-state index in [9.17, 15) is 14.7 Å². The van der Waals surface area contributed by atoms with E-state index in [2.05, 4.69) is 4.98 Å². The van der Waals surface area contributed by atoms with Gasteiger partial charge in [-0.1, -0.05) is 18.2 Å². The SMILES string of the molecule is CN(C)c1cc(C(=O)N2CCC[C@@H]2C(=O)O)nc2ccccc12. The Morgan fingerprint density at radius 3 is 2.74 bits per heavy atom. The summed E-state index contributed by atoms with van der Waals surface area (Å²) in [6.45, 7) is 0.460. The molecule has 120 valence electrons. The Morgan fingerprint density at radius 2 is 2.04 bits per heavy atom. The highest BCUT2D eigenvalue weighted by Gasteiger charge is 2.35. The fourth-order valence-electron chi connectivity index (χ4n) is 3.05. The normalized spacial score (nSPS) is 17.5. The molecule has 0 aliphatic carbocycles. The minimum atomic E-state index is -0.954. The molecule has 1 amide bonds. The third kappa shape index (κ3) is 2.72. The maximum Gasteiger partial charge on any atom is 0.326 e. The zero-order chi connectivity index (χ0) is 16.6. The molecular formula is C17H19N3O3. The van der Waals surface area contributed by atoms with Crippen LogP contribution in [0.5, 0.6) is 0 Å². The number of amides is 1. The number of carboxylic acids is 1. The van der Waals surface area contributed by atoms with Crippen molar-refractivity contribution in [1.82, 2.24) is 9.88 Å². The zero-order valence-electron chi connectivity index (χ0n) is 13.2. The lowest BCUT2D eigenvalue weighted by Gasteiger charge is -2.22. The number of aliphatic carboxylic acids is 1. The fourth-order valence-corrected chi connectivity index (χ4v) is 3.05. The van der Waals surface area contributed by atoms with Gasteiger partial charge in [-0.3, -0.25) is 4.79 Å². The summed E-state index contributed by atoms with van der Waals surface area (Å²) >= 11 is 0. The average molecular weight is 313 g/mol. The van der Waals surface area contributed by atoms with Gasteiger partial charge in [0.1, 0.15) is 11.7 Å². The highest BCUT2D eigenvalue weighted by Crippen LogP contribution is 2.27. The number of likely N-dealkylation sites (tertiary alicyclic amines) is 1. The van der Waals surface area contributed by atoms with Crippen LogP contribution in [0.15, 0.2) is 30.3 Å². The highest BCUT2D eigenvalue weighted by molar-refractivity contribution is 6.01. The number of fused-ring (bicyclic) bond motifs is 1. The lowest BCUT2D eigenvalue weighted by atomic mass is 10.1. The Kier molecular flexibility index (Phi) is 3.90. The van der Waals surface area contributed by atoms with Gasteiger partial charge in [-0.05, 0) is 25.0 Å². The molecule has 1 aliphatic heterocycles. The fraction of sp³-hybridized carbons (Fsp3) is 0.353. The number of hydrogen-bond acceptors (Lipinski definition) is 4. The van der Waals surface area contributed by atoms with Gasteiger partial charge < -0.3 is 14.9 Å². The maximum absolute atomic E-state index is 12.8. The predicted molar refractivity (Wildman–Crippen MR) is 87.8 cm³/mol. The van der Waals surface area contributed by atoms with E-state index in [0.29, 0.717) is 25.1 Å². The summed E-state index contributed by atoms with van der Waals surface area (Å²) in [4.78, 5) is 31.9. The standard InChI is InChI=1S/C17H19N3O3/c1-19(2)15-10-13(18-12-7-4-3-6-11(12)15)16(21)20-9-5-8-14(20)17(22)23/h3-4,6-7,10,14H,5,8-9H2,1-2H3,(H,22,23)/t14-/m1/s1. The number of hydrogen-bond donors (Lipinski definition) is 1. The van der Waals surface area contributed by atoms with Crippen LogP contribution < -0.4 is 4.90 Å². The number of carbonyl (C=O) groups excluding carboxylic acids is 1. The summed E-state index contributed by atoms with van der Waals surface area (Å²) in [5.74, 6) is -1.27. The van der Waals surface area contributed by atoms with Gasteiger partial charge in [-0.25, -0.2) is 9.78 Å². The van der Waals surface area contributed by atoms with Crippen molar-refractivity contribution >= 4 is 28.5 Å². The van der Waals surface area contributed by atoms with Crippen molar-refractivity contribution < 1.29 is 14.7 Å². The summed E-state index contributed by atoms with van der Waals surface area (Å²) in [7, 11) is 3.82. The van der Waals surface area contributed by atoms with E-state index in [4.69, 9.17) is 0 Å². The topological polar surface area (TPSA) is 73.7 Å². The van der Waals surface area contributed by atoms with Crippen LogP contribution in [0.25, 0.3) is 10.9 Å². The van der Waals surface area contributed by atoms with Gasteiger partial charge in [-0.15, -0.1) is 0 Å². The number of para-hydroxylation sites is 1. The number of rotatable bonds is 3. The summed E-state index contributed by atoms with van der Waals surface area (Å²) < 4.78 is 0. The monoisotopic (exact) mass is 313 g/mol. The lowest BCUT2D eigenvalue weighted by molar-refractivity contribution is -0.141. The summed E-state index contributed by atoms with van der Waals surface area (Å²) in [5.41, 5.74) is 1.92. The van der Waals surface area contributed by atoms with Gasteiger partial charge in [0.15, 0.2) is 0 Å². The second kappa shape index (κ2) is 5.87. The average Bonchev–Trinajstić information content (AvgIpc) is 3.02. The lowest BCUT2D eigenvalue weighted by Crippen LogP contribution is -2.40. The number of benzene rings is 1. The second-order valence-corrected chi connectivity index (χ2v) is 5.93. The zero-order valence-corrected chi connectivity index (χ0v) is 13.2.